The number of anilines is 2. The maximum Gasteiger partial charge on any atom is 0.228 e. The van der Waals surface area contributed by atoms with Crippen molar-refractivity contribution in [3.05, 3.63) is 71.4 Å². The van der Waals surface area contributed by atoms with Gasteiger partial charge in [0, 0.05) is 30.2 Å². The lowest BCUT2D eigenvalue weighted by molar-refractivity contribution is 0.244. The van der Waals surface area contributed by atoms with Crippen LogP contribution < -0.4 is 5.32 Å². The average molecular weight is 367 g/mol. The zero-order valence-corrected chi connectivity index (χ0v) is 15.0. The molecule has 1 aromatic carbocycles. The van der Waals surface area contributed by atoms with Crippen LogP contribution in [-0.2, 0) is 6.54 Å². The Morgan fingerprint density at radius 3 is 2.77 bits per heavy atom. The van der Waals surface area contributed by atoms with E-state index < -0.39 is 0 Å². The molecule has 0 spiro atoms. The number of halogens is 1. The molecule has 1 atom stereocenters. The highest BCUT2D eigenvalue weighted by molar-refractivity contribution is 6.30. The molecule has 1 saturated heterocycles. The van der Waals surface area contributed by atoms with E-state index in [1.807, 2.05) is 18.2 Å². The van der Waals surface area contributed by atoms with Crippen LogP contribution in [0.25, 0.3) is 0 Å². The van der Waals surface area contributed by atoms with E-state index in [1.165, 1.54) is 5.56 Å². The molecule has 0 radical (unpaired) electrons. The first-order valence-corrected chi connectivity index (χ1v) is 9.00. The van der Waals surface area contributed by atoms with Gasteiger partial charge in [-0.25, -0.2) is 15.0 Å². The van der Waals surface area contributed by atoms with Crippen LogP contribution in [0.15, 0.2) is 55.1 Å². The standard InChI is InChI=1S/C19H19ClN6/c20-15-5-3-14(4-6-15)13-26-11-1-2-17(26)16-7-8-23-19(24-16)25-18-12-21-9-10-22-18/h3-10,12,17H,1-2,11,13H2,(H,22,23,24,25)/t17-/m0/s1. The van der Waals surface area contributed by atoms with Crippen LogP contribution >= 0.6 is 11.6 Å². The second-order valence-electron chi connectivity index (χ2n) is 6.28. The monoisotopic (exact) mass is 366 g/mol. The largest absolute Gasteiger partial charge is 0.307 e. The van der Waals surface area contributed by atoms with E-state index >= 15 is 0 Å². The number of rotatable bonds is 5. The Labute approximate surface area is 157 Å². The summed E-state index contributed by atoms with van der Waals surface area (Å²) in [6.07, 6.45) is 8.97. The van der Waals surface area contributed by atoms with Crippen molar-refractivity contribution in [3.8, 4) is 0 Å². The SMILES string of the molecule is Clc1ccc(CN2CCC[C@H]2c2ccnc(Nc3cnccn3)n2)cc1. The van der Waals surface area contributed by atoms with Gasteiger partial charge in [0.05, 0.1) is 17.9 Å². The van der Waals surface area contributed by atoms with Crippen LogP contribution in [0.5, 0.6) is 0 Å². The second kappa shape index (κ2) is 7.76. The summed E-state index contributed by atoms with van der Waals surface area (Å²) in [5.41, 5.74) is 2.28. The third-order valence-corrected chi connectivity index (χ3v) is 4.74. The molecule has 0 amide bonds. The zero-order valence-electron chi connectivity index (χ0n) is 14.2. The van der Waals surface area contributed by atoms with Gasteiger partial charge < -0.3 is 5.32 Å². The van der Waals surface area contributed by atoms with Crippen molar-refractivity contribution < 1.29 is 0 Å². The number of benzene rings is 1. The molecular formula is C19H19ClN6. The Balaban J connectivity index is 1.50. The molecule has 1 N–H and O–H groups in total. The number of nitrogens with zero attached hydrogens (tertiary/aromatic N) is 5. The number of likely N-dealkylation sites (tertiary alicyclic amines) is 1. The molecule has 26 heavy (non-hydrogen) atoms. The maximum absolute atomic E-state index is 5.99. The van der Waals surface area contributed by atoms with Crippen LogP contribution in [0.2, 0.25) is 5.02 Å². The molecule has 0 unspecified atom stereocenters. The topological polar surface area (TPSA) is 66.8 Å². The van der Waals surface area contributed by atoms with E-state index in [0.29, 0.717) is 11.8 Å². The minimum Gasteiger partial charge on any atom is -0.307 e. The predicted octanol–water partition coefficient (Wildman–Crippen LogP) is 4.00. The van der Waals surface area contributed by atoms with E-state index in [1.54, 1.807) is 24.8 Å². The summed E-state index contributed by atoms with van der Waals surface area (Å²) in [6.45, 7) is 1.95. The third-order valence-electron chi connectivity index (χ3n) is 4.48. The van der Waals surface area contributed by atoms with E-state index in [4.69, 9.17) is 16.6 Å². The Morgan fingerprint density at radius 2 is 1.96 bits per heavy atom. The lowest BCUT2D eigenvalue weighted by Gasteiger charge is -2.24. The van der Waals surface area contributed by atoms with Crippen molar-refractivity contribution in [2.45, 2.75) is 25.4 Å². The summed E-state index contributed by atoms with van der Waals surface area (Å²) in [4.78, 5) is 19.7. The Hall–Kier alpha value is -2.57. The fraction of sp³-hybridized carbons (Fsp3) is 0.263. The maximum atomic E-state index is 5.99. The van der Waals surface area contributed by atoms with Crippen molar-refractivity contribution in [2.24, 2.45) is 0 Å². The van der Waals surface area contributed by atoms with Gasteiger partial charge in [-0.15, -0.1) is 0 Å². The third kappa shape index (κ3) is 3.98. The van der Waals surface area contributed by atoms with Crippen LogP contribution in [0.1, 0.15) is 30.1 Å². The van der Waals surface area contributed by atoms with Crippen LogP contribution in [0.4, 0.5) is 11.8 Å². The molecule has 0 saturated carbocycles. The summed E-state index contributed by atoms with van der Waals surface area (Å²) < 4.78 is 0. The molecule has 1 aliphatic rings. The molecule has 0 bridgehead atoms. The fourth-order valence-corrected chi connectivity index (χ4v) is 3.40. The Morgan fingerprint density at radius 1 is 1.08 bits per heavy atom. The molecule has 3 heterocycles. The molecule has 3 aromatic rings. The van der Waals surface area contributed by atoms with Gasteiger partial charge in [0.25, 0.3) is 0 Å². The van der Waals surface area contributed by atoms with Crippen molar-refractivity contribution >= 4 is 23.4 Å². The molecule has 7 heteroatoms. The van der Waals surface area contributed by atoms with Crippen molar-refractivity contribution in [1.29, 1.82) is 0 Å². The van der Waals surface area contributed by atoms with E-state index in [0.717, 1.165) is 36.6 Å². The van der Waals surface area contributed by atoms with Gasteiger partial charge in [0.2, 0.25) is 5.95 Å². The quantitative estimate of drug-likeness (QED) is 0.736. The predicted molar refractivity (Wildman–Crippen MR) is 101 cm³/mol. The number of hydrogen-bond donors (Lipinski definition) is 1. The van der Waals surface area contributed by atoms with Gasteiger partial charge in [0.1, 0.15) is 0 Å². The highest BCUT2D eigenvalue weighted by Crippen LogP contribution is 2.32. The van der Waals surface area contributed by atoms with Crippen LogP contribution in [0, 0.1) is 0 Å². The van der Waals surface area contributed by atoms with Crippen molar-refractivity contribution in [1.82, 2.24) is 24.8 Å². The van der Waals surface area contributed by atoms with E-state index in [-0.39, 0.29) is 6.04 Å². The first-order valence-electron chi connectivity index (χ1n) is 8.62. The lowest BCUT2D eigenvalue weighted by atomic mass is 10.1. The molecule has 132 valence electrons. The molecule has 2 aromatic heterocycles. The normalized spacial score (nSPS) is 17.3. The van der Waals surface area contributed by atoms with Gasteiger partial charge in [0.15, 0.2) is 5.82 Å². The summed E-state index contributed by atoms with van der Waals surface area (Å²) >= 11 is 5.99. The van der Waals surface area contributed by atoms with Crippen LogP contribution in [-0.4, -0.2) is 31.4 Å². The average Bonchev–Trinajstić information content (AvgIpc) is 3.13. The minimum atomic E-state index is 0.288. The minimum absolute atomic E-state index is 0.288. The summed E-state index contributed by atoms with van der Waals surface area (Å²) in [6, 6.07) is 10.3. The summed E-state index contributed by atoms with van der Waals surface area (Å²) in [5.74, 6) is 1.18. The molecule has 1 fully saturated rings. The molecule has 1 aliphatic heterocycles. The highest BCUT2D eigenvalue weighted by atomic mass is 35.5. The number of nitrogens with one attached hydrogen (secondary N) is 1. The smallest absolute Gasteiger partial charge is 0.228 e. The molecule has 4 rings (SSSR count). The van der Waals surface area contributed by atoms with Gasteiger partial charge in [-0.05, 0) is 43.1 Å². The fourth-order valence-electron chi connectivity index (χ4n) is 3.27. The van der Waals surface area contributed by atoms with Crippen molar-refractivity contribution in [2.75, 3.05) is 11.9 Å². The lowest BCUT2D eigenvalue weighted by Crippen LogP contribution is -2.23. The summed E-state index contributed by atoms with van der Waals surface area (Å²) in [5, 5.41) is 3.88. The zero-order chi connectivity index (χ0) is 17.8. The summed E-state index contributed by atoms with van der Waals surface area (Å²) in [7, 11) is 0. The second-order valence-corrected chi connectivity index (χ2v) is 6.71. The first kappa shape index (κ1) is 16.9. The number of hydrogen-bond acceptors (Lipinski definition) is 6. The molecule has 0 aliphatic carbocycles. The Bertz CT molecular complexity index is 855. The van der Waals surface area contributed by atoms with Gasteiger partial charge in [-0.2, -0.15) is 0 Å². The van der Waals surface area contributed by atoms with Gasteiger partial charge in [-0.1, -0.05) is 23.7 Å². The molecule has 6 nitrogen and oxygen atoms in total. The van der Waals surface area contributed by atoms with E-state index in [2.05, 4.69) is 37.3 Å². The molecular weight excluding hydrogens is 348 g/mol. The van der Waals surface area contributed by atoms with Gasteiger partial charge in [-0.3, -0.25) is 9.88 Å². The van der Waals surface area contributed by atoms with E-state index in [9.17, 15) is 0 Å². The highest BCUT2D eigenvalue weighted by Gasteiger charge is 2.27. The van der Waals surface area contributed by atoms with Gasteiger partial charge >= 0.3 is 0 Å². The first-order chi connectivity index (χ1) is 12.8. The van der Waals surface area contributed by atoms with Crippen molar-refractivity contribution in [3.63, 3.8) is 0 Å². The number of aromatic nitrogens is 4. The Kier molecular flexibility index (Phi) is 5.04. The van der Waals surface area contributed by atoms with Crippen LogP contribution in [0.3, 0.4) is 0 Å².